The third-order valence-electron chi connectivity index (χ3n) is 3.76. The van der Waals surface area contributed by atoms with Crippen molar-refractivity contribution in [2.24, 2.45) is 0 Å². The summed E-state index contributed by atoms with van der Waals surface area (Å²) in [5.41, 5.74) is -0.699. The first-order valence-electron chi connectivity index (χ1n) is 7.67. The molecule has 0 aliphatic carbocycles. The van der Waals surface area contributed by atoms with Crippen molar-refractivity contribution in [2.75, 3.05) is 0 Å². The number of halogens is 3. The summed E-state index contributed by atoms with van der Waals surface area (Å²) in [6.07, 6.45) is -2.15. The topological polar surface area (TPSA) is 52.0 Å². The number of carbonyl (C=O) groups is 1. The lowest BCUT2D eigenvalue weighted by Gasteiger charge is -2.09. The van der Waals surface area contributed by atoms with Crippen LogP contribution in [-0.4, -0.2) is 15.3 Å². The smallest absolute Gasteiger partial charge is 0.294 e. The van der Waals surface area contributed by atoms with Crippen LogP contribution >= 0.6 is 0 Å². The molecule has 0 amide bonds. The molecule has 0 unspecified atom stereocenters. The van der Waals surface area contributed by atoms with Gasteiger partial charge in [0.2, 0.25) is 0 Å². The minimum atomic E-state index is -4.54. The van der Waals surface area contributed by atoms with Crippen molar-refractivity contribution in [1.29, 1.82) is 0 Å². The third-order valence-corrected chi connectivity index (χ3v) is 3.76. The van der Waals surface area contributed by atoms with Crippen LogP contribution in [0.1, 0.15) is 27.0 Å². The summed E-state index contributed by atoms with van der Waals surface area (Å²) in [6.45, 7) is 0.205. The van der Waals surface area contributed by atoms with Gasteiger partial charge in [-0.2, -0.15) is 13.2 Å². The molecule has 26 heavy (non-hydrogen) atoms. The zero-order chi connectivity index (χ0) is 18.7. The normalized spacial score (nSPS) is 11.3. The van der Waals surface area contributed by atoms with Gasteiger partial charge in [-0.15, -0.1) is 0 Å². The Morgan fingerprint density at radius 1 is 1.00 bits per heavy atom. The van der Waals surface area contributed by atoms with Gasteiger partial charge < -0.3 is 0 Å². The summed E-state index contributed by atoms with van der Waals surface area (Å²) >= 11 is 0. The van der Waals surface area contributed by atoms with Crippen molar-refractivity contribution in [3.8, 4) is 0 Å². The van der Waals surface area contributed by atoms with E-state index < -0.39 is 23.2 Å². The second-order valence-electron chi connectivity index (χ2n) is 5.65. The Kier molecular flexibility index (Phi) is 4.71. The van der Waals surface area contributed by atoms with E-state index in [9.17, 15) is 22.8 Å². The number of aromatic nitrogens is 2. The minimum Gasteiger partial charge on any atom is -0.294 e. The molecule has 0 N–H and O–H groups in total. The lowest BCUT2D eigenvalue weighted by Crippen LogP contribution is -2.24. The van der Waals surface area contributed by atoms with Crippen molar-refractivity contribution in [3.05, 3.63) is 99.7 Å². The molecule has 1 heterocycles. The lowest BCUT2D eigenvalue weighted by atomic mass is 10.0. The molecule has 7 heteroatoms. The minimum absolute atomic E-state index is 0.0415. The molecule has 0 aliphatic heterocycles. The summed E-state index contributed by atoms with van der Waals surface area (Å²) in [6, 6.07) is 13.2. The Hall–Kier alpha value is -3.22. The van der Waals surface area contributed by atoms with Gasteiger partial charge in [-0.3, -0.25) is 9.36 Å². The molecule has 3 rings (SSSR count). The highest BCUT2D eigenvalue weighted by Crippen LogP contribution is 2.29. The number of carbonyl (C=O) groups excluding carboxylic acids is 1. The van der Waals surface area contributed by atoms with E-state index in [0.717, 1.165) is 23.9 Å². The highest BCUT2D eigenvalue weighted by Gasteiger charge is 2.31. The van der Waals surface area contributed by atoms with Crippen LogP contribution in [0.3, 0.4) is 0 Å². The average molecular weight is 358 g/mol. The van der Waals surface area contributed by atoms with Gasteiger partial charge in [0.05, 0.1) is 17.7 Å². The molecule has 0 spiro atoms. The predicted octanol–water partition coefficient (Wildman–Crippen LogP) is 3.54. The molecule has 132 valence electrons. The van der Waals surface area contributed by atoms with Crippen molar-refractivity contribution < 1.29 is 18.0 Å². The van der Waals surface area contributed by atoms with Gasteiger partial charge in [0, 0.05) is 18.0 Å². The third kappa shape index (κ3) is 3.88. The van der Waals surface area contributed by atoms with E-state index in [1.807, 2.05) is 30.3 Å². The van der Waals surface area contributed by atoms with Crippen LogP contribution in [-0.2, 0) is 12.7 Å². The fourth-order valence-corrected chi connectivity index (χ4v) is 2.47. The first-order chi connectivity index (χ1) is 12.3. The average Bonchev–Trinajstić information content (AvgIpc) is 2.63. The highest BCUT2D eigenvalue weighted by atomic mass is 19.4. The summed E-state index contributed by atoms with van der Waals surface area (Å²) < 4.78 is 39.7. The Labute approximate surface area is 146 Å². The van der Waals surface area contributed by atoms with Gasteiger partial charge >= 0.3 is 11.9 Å². The first-order valence-corrected chi connectivity index (χ1v) is 7.67. The van der Waals surface area contributed by atoms with E-state index in [0.29, 0.717) is 0 Å². The molecule has 0 saturated carbocycles. The van der Waals surface area contributed by atoms with Gasteiger partial charge in [0.25, 0.3) is 0 Å². The Bertz CT molecular complexity index is 995. The number of nitrogens with zero attached hydrogens (tertiary/aromatic N) is 2. The number of rotatable bonds is 4. The van der Waals surface area contributed by atoms with Gasteiger partial charge in [0.1, 0.15) is 0 Å². The molecule has 2 aromatic carbocycles. The molecule has 1 aromatic heterocycles. The number of alkyl halides is 3. The van der Waals surface area contributed by atoms with E-state index in [-0.39, 0.29) is 17.7 Å². The Balaban J connectivity index is 1.94. The Morgan fingerprint density at radius 2 is 1.73 bits per heavy atom. The monoisotopic (exact) mass is 358 g/mol. The molecule has 4 nitrogen and oxygen atoms in total. The van der Waals surface area contributed by atoms with Crippen LogP contribution in [0.4, 0.5) is 13.2 Å². The fourth-order valence-electron chi connectivity index (χ4n) is 2.47. The highest BCUT2D eigenvalue weighted by molar-refractivity contribution is 6.08. The molecular weight excluding hydrogens is 345 g/mol. The summed E-state index contributed by atoms with van der Waals surface area (Å²) in [5.74, 6) is -0.634. The maximum absolute atomic E-state index is 12.8. The molecule has 0 fully saturated rings. The van der Waals surface area contributed by atoms with E-state index in [1.165, 1.54) is 22.9 Å². The second kappa shape index (κ2) is 6.95. The fraction of sp³-hybridized carbons (Fsp3) is 0.105. The van der Waals surface area contributed by atoms with Crippen molar-refractivity contribution in [3.63, 3.8) is 0 Å². The maximum atomic E-state index is 12.8. The van der Waals surface area contributed by atoms with E-state index in [1.54, 1.807) is 0 Å². The zero-order valence-corrected chi connectivity index (χ0v) is 13.4. The van der Waals surface area contributed by atoms with Gasteiger partial charge in [-0.25, -0.2) is 9.78 Å². The standard InChI is InChI=1S/C19H13F3N2O2/c20-19(21,22)16-8-4-7-14(9-16)17(25)15-10-23-18(26)24(12-15)11-13-5-2-1-3-6-13/h1-10,12H,11H2. The Morgan fingerprint density at radius 3 is 2.42 bits per heavy atom. The molecule has 0 bridgehead atoms. The number of hydrogen-bond acceptors (Lipinski definition) is 3. The summed E-state index contributed by atoms with van der Waals surface area (Å²) in [4.78, 5) is 28.1. The molecule has 3 aromatic rings. The van der Waals surface area contributed by atoms with E-state index in [2.05, 4.69) is 4.98 Å². The van der Waals surface area contributed by atoms with Crippen LogP contribution < -0.4 is 5.69 Å². The van der Waals surface area contributed by atoms with Crippen LogP contribution in [0.25, 0.3) is 0 Å². The summed E-state index contributed by atoms with van der Waals surface area (Å²) in [5, 5.41) is 0. The van der Waals surface area contributed by atoms with E-state index in [4.69, 9.17) is 0 Å². The van der Waals surface area contributed by atoms with Gasteiger partial charge in [-0.1, -0.05) is 42.5 Å². The summed E-state index contributed by atoms with van der Waals surface area (Å²) in [7, 11) is 0. The van der Waals surface area contributed by atoms with Crippen molar-refractivity contribution in [2.45, 2.75) is 12.7 Å². The number of benzene rings is 2. The van der Waals surface area contributed by atoms with Crippen LogP contribution in [0.2, 0.25) is 0 Å². The van der Waals surface area contributed by atoms with Gasteiger partial charge in [0.15, 0.2) is 5.78 Å². The quantitative estimate of drug-likeness (QED) is 0.671. The van der Waals surface area contributed by atoms with Crippen LogP contribution in [0, 0.1) is 0 Å². The molecular formula is C19H13F3N2O2. The maximum Gasteiger partial charge on any atom is 0.416 e. The SMILES string of the molecule is O=C(c1cccc(C(F)(F)F)c1)c1cnc(=O)n(Cc2ccccc2)c1. The molecule has 0 saturated heterocycles. The van der Waals surface area contributed by atoms with E-state index >= 15 is 0 Å². The number of hydrogen-bond donors (Lipinski definition) is 0. The first kappa shape index (κ1) is 17.6. The zero-order valence-electron chi connectivity index (χ0n) is 13.4. The lowest BCUT2D eigenvalue weighted by molar-refractivity contribution is -0.137. The van der Waals surface area contributed by atoms with Crippen molar-refractivity contribution in [1.82, 2.24) is 9.55 Å². The second-order valence-corrected chi connectivity index (χ2v) is 5.65. The van der Waals surface area contributed by atoms with Crippen LogP contribution in [0.5, 0.6) is 0 Å². The van der Waals surface area contributed by atoms with Crippen molar-refractivity contribution >= 4 is 5.78 Å². The molecule has 0 aliphatic rings. The molecule has 0 atom stereocenters. The predicted molar refractivity (Wildman–Crippen MR) is 88.9 cm³/mol. The van der Waals surface area contributed by atoms with Gasteiger partial charge in [-0.05, 0) is 17.7 Å². The largest absolute Gasteiger partial charge is 0.416 e. The molecule has 0 radical (unpaired) electrons. The number of ketones is 1. The van der Waals surface area contributed by atoms with Crippen LogP contribution in [0.15, 0.2) is 71.8 Å².